The summed E-state index contributed by atoms with van der Waals surface area (Å²) < 4.78 is 18.7. The molecule has 8 heteroatoms. The van der Waals surface area contributed by atoms with Crippen molar-refractivity contribution in [1.82, 2.24) is 14.9 Å². The number of aryl methyl sites for hydroxylation is 1. The van der Waals surface area contributed by atoms with E-state index in [1.165, 1.54) is 11.8 Å². The molecule has 1 aliphatic heterocycles. The predicted molar refractivity (Wildman–Crippen MR) is 118 cm³/mol. The summed E-state index contributed by atoms with van der Waals surface area (Å²) in [5.41, 5.74) is 3.00. The van der Waals surface area contributed by atoms with Crippen LogP contribution in [0, 0.1) is 13.8 Å². The summed E-state index contributed by atoms with van der Waals surface area (Å²) in [7, 11) is 3.24. The highest BCUT2D eigenvalue weighted by Gasteiger charge is 2.21. The molecule has 3 rings (SSSR count). The molecule has 164 valence electrons. The van der Waals surface area contributed by atoms with Crippen molar-refractivity contribution in [3.63, 3.8) is 0 Å². The number of benzene rings is 1. The van der Waals surface area contributed by atoms with Gasteiger partial charge in [0.2, 0.25) is 5.91 Å². The largest absolute Gasteiger partial charge is 0.497 e. The smallest absolute Gasteiger partial charge is 0.230 e. The second-order valence-corrected chi connectivity index (χ2v) is 8.44. The zero-order chi connectivity index (χ0) is 21.7. The molecule has 1 aromatic heterocycles. The summed E-state index contributed by atoms with van der Waals surface area (Å²) in [6.45, 7) is 7.62. The Kier molecular flexibility index (Phi) is 7.66. The first-order valence-electron chi connectivity index (χ1n) is 10.2. The normalized spacial score (nSPS) is 17.0. The van der Waals surface area contributed by atoms with Crippen molar-refractivity contribution < 1.29 is 19.0 Å². The number of hydrogen-bond acceptors (Lipinski definition) is 6. The number of imidazole rings is 1. The van der Waals surface area contributed by atoms with Crippen molar-refractivity contribution in [2.75, 3.05) is 26.6 Å². The summed E-state index contributed by atoms with van der Waals surface area (Å²) >= 11 is 1.46. The number of amides is 1. The lowest BCUT2D eigenvalue weighted by molar-refractivity contribution is -0.119. The first kappa shape index (κ1) is 22.5. The number of carbonyl (C=O) groups excluding carboxylic acids is 1. The molecule has 7 nitrogen and oxygen atoms in total. The Hall–Kier alpha value is -2.19. The SMILES string of the molecule is COc1ccc(OC)c([C@H](C)NC(=O)CSc2nc(C)c(C)n2C[C@H]2CCCO2)c1. The zero-order valence-corrected chi connectivity index (χ0v) is 19.2. The molecule has 0 saturated carbocycles. The number of ether oxygens (including phenoxy) is 3. The summed E-state index contributed by atoms with van der Waals surface area (Å²) in [5.74, 6) is 1.68. The topological polar surface area (TPSA) is 74.6 Å². The lowest BCUT2D eigenvalue weighted by Crippen LogP contribution is -2.28. The molecule has 2 atom stereocenters. The van der Waals surface area contributed by atoms with Gasteiger partial charge in [-0.2, -0.15) is 0 Å². The molecule has 0 bridgehead atoms. The first-order valence-corrected chi connectivity index (χ1v) is 11.2. The molecular weight excluding hydrogens is 402 g/mol. The average molecular weight is 434 g/mol. The van der Waals surface area contributed by atoms with Crippen LogP contribution in [-0.2, 0) is 16.1 Å². The van der Waals surface area contributed by atoms with Crippen LogP contribution in [0.5, 0.6) is 11.5 Å². The number of rotatable bonds is 9. The molecule has 1 saturated heterocycles. The highest BCUT2D eigenvalue weighted by molar-refractivity contribution is 7.99. The van der Waals surface area contributed by atoms with E-state index in [9.17, 15) is 4.79 Å². The van der Waals surface area contributed by atoms with Crippen molar-refractivity contribution in [3.05, 3.63) is 35.2 Å². The van der Waals surface area contributed by atoms with Crippen LogP contribution in [0.25, 0.3) is 0 Å². The number of aromatic nitrogens is 2. The van der Waals surface area contributed by atoms with E-state index in [0.717, 1.165) is 59.6 Å². The van der Waals surface area contributed by atoms with Gasteiger partial charge < -0.3 is 24.1 Å². The van der Waals surface area contributed by atoms with Gasteiger partial charge >= 0.3 is 0 Å². The first-order chi connectivity index (χ1) is 14.4. The maximum absolute atomic E-state index is 12.6. The Morgan fingerprint density at radius 2 is 2.17 bits per heavy atom. The van der Waals surface area contributed by atoms with E-state index in [0.29, 0.717) is 0 Å². The standard InChI is InChI=1S/C22H31N3O4S/c1-14-16(3)25(12-18-7-6-10-29-18)22(24-14)30-13-21(26)23-15(2)19-11-17(27-4)8-9-20(19)28-5/h8-9,11,15,18H,6-7,10,12-13H2,1-5H3,(H,23,26)/t15-,18+/m0/s1. The minimum Gasteiger partial charge on any atom is -0.497 e. The monoisotopic (exact) mass is 433 g/mol. The van der Waals surface area contributed by atoms with Gasteiger partial charge in [-0.05, 0) is 51.8 Å². The molecule has 0 radical (unpaired) electrons. The maximum Gasteiger partial charge on any atom is 0.230 e. The molecule has 1 fully saturated rings. The second kappa shape index (κ2) is 10.2. The Morgan fingerprint density at radius 1 is 1.37 bits per heavy atom. The quantitative estimate of drug-likeness (QED) is 0.608. The number of thioether (sulfide) groups is 1. The van der Waals surface area contributed by atoms with Crippen LogP contribution in [0.1, 0.15) is 42.8 Å². The minimum atomic E-state index is -0.210. The molecule has 0 unspecified atom stereocenters. The number of carbonyl (C=O) groups is 1. The molecule has 2 aromatic rings. The molecular formula is C22H31N3O4S. The van der Waals surface area contributed by atoms with Crippen LogP contribution in [0.15, 0.2) is 23.4 Å². The lowest BCUT2D eigenvalue weighted by Gasteiger charge is -2.18. The Bertz CT molecular complexity index is 878. The molecule has 1 aliphatic rings. The predicted octanol–water partition coefficient (Wildman–Crippen LogP) is 3.67. The van der Waals surface area contributed by atoms with Gasteiger partial charge in [0.15, 0.2) is 5.16 Å². The summed E-state index contributed by atoms with van der Waals surface area (Å²) in [6, 6.07) is 5.36. The van der Waals surface area contributed by atoms with E-state index in [1.807, 2.05) is 32.0 Å². The molecule has 30 heavy (non-hydrogen) atoms. The number of hydrogen-bond donors (Lipinski definition) is 1. The van der Waals surface area contributed by atoms with E-state index in [1.54, 1.807) is 14.2 Å². The third-order valence-electron chi connectivity index (χ3n) is 5.45. The van der Waals surface area contributed by atoms with Crippen LogP contribution < -0.4 is 14.8 Å². The summed E-state index contributed by atoms with van der Waals surface area (Å²) in [6.07, 6.45) is 2.40. The highest BCUT2D eigenvalue weighted by Crippen LogP contribution is 2.29. The van der Waals surface area contributed by atoms with Crippen molar-refractivity contribution in [3.8, 4) is 11.5 Å². The fraction of sp³-hybridized carbons (Fsp3) is 0.545. The molecule has 1 amide bonds. The maximum atomic E-state index is 12.6. The molecule has 1 aromatic carbocycles. The third-order valence-corrected chi connectivity index (χ3v) is 6.42. The van der Waals surface area contributed by atoms with Gasteiger partial charge in [-0.1, -0.05) is 11.8 Å². The highest BCUT2D eigenvalue weighted by atomic mass is 32.2. The third kappa shape index (κ3) is 5.29. The molecule has 0 spiro atoms. The Balaban J connectivity index is 1.63. The van der Waals surface area contributed by atoms with Crippen molar-refractivity contribution in [1.29, 1.82) is 0 Å². The van der Waals surface area contributed by atoms with E-state index in [4.69, 9.17) is 14.2 Å². The average Bonchev–Trinajstić information content (AvgIpc) is 3.35. The molecule has 2 heterocycles. The lowest BCUT2D eigenvalue weighted by atomic mass is 10.1. The number of methoxy groups -OCH3 is 2. The molecule has 1 N–H and O–H groups in total. The van der Waals surface area contributed by atoms with E-state index in [-0.39, 0.29) is 23.8 Å². The fourth-order valence-electron chi connectivity index (χ4n) is 3.61. The Morgan fingerprint density at radius 3 is 2.83 bits per heavy atom. The van der Waals surface area contributed by atoms with Gasteiger partial charge in [-0.25, -0.2) is 4.98 Å². The van der Waals surface area contributed by atoms with Crippen molar-refractivity contribution in [2.24, 2.45) is 0 Å². The van der Waals surface area contributed by atoms with Gasteiger partial charge in [0, 0.05) is 17.9 Å². The van der Waals surface area contributed by atoms with Crippen LogP contribution in [-0.4, -0.2) is 48.1 Å². The minimum absolute atomic E-state index is 0.0562. The van der Waals surface area contributed by atoms with Crippen LogP contribution in [0.3, 0.4) is 0 Å². The van der Waals surface area contributed by atoms with Crippen molar-refractivity contribution in [2.45, 2.75) is 57.5 Å². The van der Waals surface area contributed by atoms with Gasteiger partial charge in [-0.3, -0.25) is 4.79 Å². The van der Waals surface area contributed by atoms with Crippen LogP contribution >= 0.6 is 11.8 Å². The van der Waals surface area contributed by atoms with E-state index < -0.39 is 0 Å². The van der Waals surface area contributed by atoms with Gasteiger partial charge in [0.05, 0.1) is 44.4 Å². The summed E-state index contributed by atoms with van der Waals surface area (Å²) in [4.78, 5) is 17.3. The fourth-order valence-corrected chi connectivity index (χ4v) is 4.52. The second-order valence-electron chi connectivity index (χ2n) is 7.50. The number of nitrogens with zero attached hydrogens (tertiary/aromatic N) is 2. The molecule has 0 aliphatic carbocycles. The van der Waals surface area contributed by atoms with Gasteiger partial charge in [0.1, 0.15) is 11.5 Å². The van der Waals surface area contributed by atoms with Crippen LogP contribution in [0.4, 0.5) is 0 Å². The number of nitrogens with one attached hydrogen (secondary N) is 1. The van der Waals surface area contributed by atoms with E-state index in [2.05, 4.69) is 21.8 Å². The van der Waals surface area contributed by atoms with Gasteiger partial charge in [-0.15, -0.1) is 0 Å². The Labute approximate surface area is 182 Å². The van der Waals surface area contributed by atoms with Crippen LogP contribution in [0.2, 0.25) is 0 Å². The zero-order valence-electron chi connectivity index (χ0n) is 18.4. The van der Waals surface area contributed by atoms with Gasteiger partial charge in [0.25, 0.3) is 0 Å². The van der Waals surface area contributed by atoms with E-state index >= 15 is 0 Å². The summed E-state index contributed by atoms with van der Waals surface area (Å²) in [5, 5.41) is 3.91. The van der Waals surface area contributed by atoms with Crippen molar-refractivity contribution >= 4 is 17.7 Å².